The Morgan fingerprint density at radius 3 is 2.31 bits per heavy atom. The average Bonchev–Trinajstić information content (AvgIpc) is 2.55. The molecule has 148 valence electrons. The molecule has 1 rings (SSSR count). The van der Waals surface area contributed by atoms with Gasteiger partial charge in [0.15, 0.2) is 0 Å². The number of hydroxylamine groups is 2. The van der Waals surface area contributed by atoms with Gasteiger partial charge >= 0.3 is 6.09 Å². The van der Waals surface area contributed by atoms with Crippen molar-refractivity contribution in [3.05, 3.63) is 29.8 Å². The fraction of sp³-hybridized carbons (Fsp3) is 0.529. The fourth-order valence-corrected chi connectivity index (χ4v) is 1.77. The molecule has 1 atom stereocenters. The third kappa shape index (κ3) is 8.93. The van der Waals surface area contributed by atoms with Crippen molar-refractivity contribution in [2.75, 3.05) is 20.8 Å². The quantitative estimate of drug-likeness (QED) is 0.688. The number of nitrogens with one attached hydrogen (secondary N) is 1. The Bertz CT molecular complexity index is 575. The standard InChI is InChI=1S/C17H27N3O5.H2S/c1-17(2,3)25-16(22)19-10-12-6-8-13(9-7-12)24-11-14(18)15(21)20(4)23-5;/h6-9,14H,10-11,18H2,1-5H3,(H,19,22);1H2/t14-;/m0./s1. The summed E-state index contributed by atoms with van der Waals surface area (Å²) in [5.74, 6) is 0.199. The Morgan fingerprint density at radius 2 is 1.81 bits per heavy atom. The molecule has 1 aromatic rings. The first-order valence-corrected chi connectivity index (χ1v) is 7.88. The number of nitrogens with two attached hydrogens (primary N) is 1. The van der Waals surface area contributed by atoms with Gasteiger partial charge in [0.1, 0.15) is 24.0 Å². The van der Waals surface area contributed by atoms with Crippen molar-refractivity contribution in [2.24, 2.45) is 5.73 Å². The van der Waals surface area contributed by atoms with Crippen molar-refractivity contribution in [2.45, 2.75) is 39.0 Å². The molecule has 0 fully saturated rings. The molecule has 0 heterocycles. The number of hydrogen-bond acceptors (Lipinski definition) is 6. The zero-order valence-corrected chi connectivity index (χ0v) is 16.9. The van der Waals surface area contributed by atoms with Gasteiger partial charge in [-0.05, 0) is 38.5 Å². The van der Waals surface area contributed by atoms with E-state index in [-0.39, 0.29) is 26.0 Å². The zero-order chi connectivity index (χ0) is 19.0. The molecule has 0 aliphatic carbocycles. The Labute approximate surface area is 161 Å². The van der Waals surface area contributed by atoms with Gasteiger partial charge in [-0.25, -0.2) is 9.86 Å². The number of likely N-dealkylation sites (N-methyl/N-ethyl adjacent to an activating group) is 1. The van der Waals surface area contributed by atoms with Crippen LogP contribution in [0.3, 0.4) is 0 Å². The Balaban J connectivity index is 0.00000625. The van der Waals surface area contributed by atoms with E-state index in [1.54, 1.807) is 45.0 Å². The van der Waals surface area contributed by atoms with Crippen molar-refractivity contribution >= 4 is 25.5 Å². The van der Waals surface area contributed by atoms with Crippen molar-refractivity contribution < 1.29 is 23.9 Å². The third-order valence-electron chi connectivity index (χ3n) is 3.09. The lowest BCUT2D eigenvalue weighted by Gasteiger charge is -2.20. The largest absolute Gasteiger partial charge is 0.491 e. The molecule has 2 amide bonds. The van der Waals surface area contributed by atoms with Gasteiger partial charge in [-0.3, -0.25) is 9.63 Å². The van der Waals surface area contributed by atoms with Crippen LogP contribution in [0.25, 0.3) is 0 Å². The molecule has 0 aromatic heterocycles. The molecule has 8 nitrogen and oxygen atoms in total. The summed E-state index contributed by atoms with van der Waals surface area (Å²) < 4.78 is 10.7. The van der Waals surface area contributed by atoms with Gasteiger partial charge in [0.05, 0.1) is 7.11 Å². The van der Waals surface area contributed by atoms with E-state index in [0.717, 1.165) is 10.6 Å². The molecule has 0 saturated carbocycles. The minimum absolute atomic E-state index is 0. The van der Waals surface area contributed by atoms with Crippen LogP contribution in [0, 0.1) is 0 Å². The van der Waals surface area contributed by atoms with Gasteiger partial charge in [-0.15, -0.1) is 0 Å². The summed E-state index contributed by atoms with van der Waals surface area (Å²) in [6.07, 6.45) is -0.473. The zero-order valence-electron chi connectivity index (χ0n) is 15.9. The maximum Gasteiger partial charge on any atom is 0.407 e. The number of alkyl carbamates (subject to hydrolysis) is 1. The lowest BCUT2D eigenvalue weighted by atomic mass is 10.2. The molecule has 1 aromatic carbocycles. The molecule has 0 unspecified atom stereocenters. The number of hydrogen-bond donors (Lipinski definition) is 2. The minimum Gasteiger partial charge on any atom is -0.491 e. The van der Waals surface area contributed by atoms with Crippen LogP contribution in [-0.4, -0.2) is 49.5 Å². The van der Waals surface area contributed by atoms with Gasteiger partial charge in [0, 0.05) is 13.6 Å². The first kappa shape index (κ1) is 24.0. The molecule has 0 aliphatic rings. The number of amides is 2. The molecule has 0 radical (unpaired) electrons. The number of rotatable bonds is 7. The van der Waals surface area contributed by atoms with Gasteiger partial charge < -0.3 is 20.5 Å². The Hall–Kier alpha value is -1.97. The van der Waals surface area contributed by atoms with E-state index in [9.17, 15) is 9.59 Å². The molecule has 9 heteroatoms. The first-order valence-electron chi connectivity index (χ1n) is 7.88. The maximum atomic E-state index is 11.7. The van der Waals surface area contributed by atoms with Crippen molar-refractivity contribution in [1.29, 1.82) is 0 Å². The topological polar surface area (TPSA) is 103 Å². The van der Waals surface area contributed by atoms with Crippen LogP contribution in [-0.2, 0) is 20.9 Å². The predicted molar refractivity (Wildman–Crippen MR) is 103 cm³/mol. The molecule has 3 N–H and O–H groups in total. The Kier molecular flexibility index (Phi) is 10.1. The van der Waals surface area contributed by atoms with Crippen LogP contribution < -0.4 is 15.8 Å². The number of ether oxygens (including phenoxy) is 2. The normalized spacial score (nSPS) is 11.8. The molecule has 26 heavy (non-hydrogen) atoms. The molecule has 0 aliphatic heterocycles. The van der Waals surface area contributed by atoms with Crippen molar-refractivity contribution in [3.63, 3.8) is 0 Å². The smallest absolute Gasteiger partial charge is 0.407 e. The maximum absolute atomic E-state index is 11.7. The lowest BCUT2D eigenvalue weighted by molar-refractivity contribution is -0.170. The second-order valence-electron chi connectivity index (χ2n) is 6.44. The lowest BCUT2D eigenvalue weighted by Crippen LogP contribution is -2.44. The van der Waals surface area contributed by atoms with Crippen molar-refractivity contribution in [1.82, 2.24) is 10.4 Å². The highest BCUT2D eigenvalue weighted by Crippen LogP contribution is 2.13. The van der Waals surface area contributed by atoms with E-state index >= 15 is 0 Å². The van der Waals surface area contributed by atoms with Gasteiger partial charge in [0.25, 0.3) is 5.91 Å². The number of carbonyl (C=O) groups excluding carboxylic acids is 2. The highest BCUT2D eigenvalue weighted by Gasteiger charge is 2.19. The van der Waals surface area contributed by atoms with Crippen LogP contribution in [0.2, 0.25) is 0 Å². The van der Waals surface area contributed by atoms with Crippen LogP contribution >= 0.6 is 13.5 Å². The summed E-state index contributed by atoms with van der Waals surface area (Å²) in [6.45, 7) is 5.78. The van der Waals surface area contributed by atoms with Crippen LogP contribution in [0.15, 0.2) is 24.3 Å². The van der Waals surface area contributed by atoms with E-state index in [1.165, 1.54) is 14.2 Å². The average molecular weight is 388 g/mol. The molecular formula is C17H29N3O5S. The third-order valence-corrected chi connectivity index (χ3v) is 3.09. The molecule has 0 spiro atoms. The highest BCUT2D eigenvalue weighted by atomic mass is 32.1. The Morgan fingerprint density at radius 1 is 1.23 bits per heavy atom. The second-order valence-corrected chi connectivity index (χ2v) is 6.44. The number of benzene rings is 1. The van der Waals surface area contributed by atoms with E-state index in [2.05, 4.69) is 5.32 Å². The summed E-state index contributed by atoms with van der Waals surface area (Å²) in [5, 5.41) is 3.73. The molecular weight excluding hydrogens is 358 g/mol. The van der Waals surface area contributed by atoms with Crippen LogP contribution in [0.1, 0.15) is 26.3 Å². The van der Waals surface area contributed by atoms with Crippen LogP contribution in [0.5, 0.6) is 5.75 Å². The van der Waals surface area contributed by atoms with Gasteiger partial charge in [-0.1, -0.05) is 12.1 Å². The molecule has 0 saturated heterocycles. The summed E-state index contributed by atoms with van der Waals surface area (Å²) in [5.41, 5.74) is 6.10. The van der Waals surface area contributed by atoms with E-state index in [4.69, 9.17) is 20.0 Å². The highest BCUT2D eigenvalue weighted by molar-refractivity contribution is 7.59. The number of nitrogens with zero attached hydrogens (tertiary/aromatic N) is 1. The van der Waals surface area contributed by atoms with E-state index in [0.29, 0.717) is 12.3 Å². The first-order chi connectivity index (χ1) is 11.6. The monoisotopic (exact) mass is 387 g/mol. The summed E-state index contributed by atoms with van der Waals surface area (Å²) in [7, 11) is 2.87. The van der Waals surface area contributed by atoms with Gasteiger partial charge in [0.2, 0.25) is 0 Å². The summed E-state index contributed by atoms with van der Waals surface area (Å²) in [6, 6.07) is 6.27. The fourth-order valence-electron chi connectivity index (χ4n) is 1.77. The SMILES string of the molecule is CON(C)C(=O)[C@@H](N)COc1ccc(CNC(=O)OC(C)(C)C)cc1.S. The van der Waals surface area contributed by atoms with E-state index in [1.807, 2.05) is 0 Å². The molecule has 0 bridgehead atoms. The van der Waals surface area contributed by atoms with Gasteiger partial charge in [-0.2, -0.15) is 13.5 Å². The summed E-state index contributed by atoms with van der Waals surface area (Å²) >= 11 is 0. The minimum atomic E-state index is -0.821. The second kappa shape index (κ2) is 10.9. The summed E-state index contributed by atoms with van der Waals surface area (Å²) in [4.78, 5) is 28.1. The van der Waals surface area contributed by atoms with Crippen molar-refractivity contribution in [3.8, 4) is 5.75 Å². The predicted octanol–water partition coefficient (Wildman–Crippen LogP) is 1.55. The number of carbonyl (C=O) groups is 2. The van der Waals surface area contributed by atoms with E-state index < -0.39 is 17.7 Å². The van der Waals surface area contributed by atoms with Crippen LogP contribution in [0.4, 0.5) is 4.79 Å².